The molecule has 0 amide bonds. The highest BCUT2D eigenvalue weighted by molar-refractivity contribution is 6.01. The van der Waals surface area contributed by atoms with Crippen LogP contribution in [0.3, 0.4) is 0 Å². The Morgan fingerprint density at radius 3 is 2.06 bits per heavy atom. The summed E-state index contributed by atoms with van der Waals surface area (Å²) in [7, 11) is 7.81. The maximum absolute atomic E-state index is 13.0. The van der Waals surface area contributed by atoms with Gasteiger partial charge in [0, 0.05) is 68.0 Å². The fraction of sp³-hybridized carbons (Fsp3) is 0.143. The number of anilines is 2. The Hall–Kier alpha value is -4.32. The molecule has 6 nitrogen and oxygen atoms in total. The van der Waals surface area contributed by atoms with Crippen LogP contribution in [0.25, 0.3) is 44.2 Å². The van der Waals surface area contributed by atoms with Gasteiger partial charge in [0.2, 0.25) is 0 Å². The zero-order chi connectivity index (χ0) is 24.0. The van der Waals surface area contributed by atoms with Crippen LogP contribution in [-0.2, 0) is 0 Å². The molecule has 2 aromatic heterocycles. The van der Waals surface area contributed by atoms with Crippen LogP contribution in [0.4, 0.5) is 11.4 Å². The highest BCUT2D eigenvalue weighted by atomic mass is 16.4. The lowest BCUT2D eigenvalue weighted by Gasteiger charge is -2.14. The van der Waals surface area contributed by atoms with Crippen LogP contribution in [0.15, 0.2) is 91.2 Å². The van der Waals surface area contributed by atoms with E-state index in [1.807, 2.05) is 92.6 Å². The summed E-state index contributed by atoms with van der Waals surface area (Å²) in [5, 5.41) is 1.53. The molecule has 2 heterocycles. The predicted molar refractivity (Wildman–Crippen MR) is 138 cm³/mol. The number of rotatable bonds is 4. The van der Waals surface area contributed by atoms with Crippen molar-refractivity contribution in [1.29, 1.82) is 0 Å². The van der Waals surface area contributed by atoms with E-state index in [2.05, 4.69) is 0 Å². The van der Waals surface area contributed by atoms with Crippen molar-refractivity contribution in [2.45, 2.75) is 0 Å². The Labute approximate surface area is 196 Å². The first-order valence-electron chi connectivity index (χ1n) is 10.9. The Morgan fingerprint density at radius 2 is 1.35 bits per heavy atom. The molecule has 0 N–H and O–H groups in total. The average molecular weight is 453 g/mol. The van der Waals surface area contributed by atoms with Gasteiger partial charge in [-0.1, -0.05) is 30.3 Å². The smallest absolute Gasteiger partial charge is 0.344 e. The van der Waals surface area contributed by atoms with Gasteiger partial charge in [-0.25, -0.2) is 9.59 Å². The van der Waals surface area contributed by atoms with Crippen molar-refractivity contribution < 1.29 is 8.83 Å². The Kier molecular flexibility index (Phi) is 5.21. The molecule has 0 aliphatic rings. The summed E-state index contributed by atoms with van der Waals surface area (Å²) in [5.41, 5.74) is 4.40. The van der Waals surface area contributed by atoms with Crippen LogP contribution >= 0.6 is 0 Å². The van der Waals surface area contributed by atoms with Gasteiger partial charge in [-0.15, -0.1) is 0 Å². The maximum atomic E-state index is 13.0. The van der Waals surface area contributed by atoms with Crippen LogP contribution in [0.2, 0.25) is 0 Å². The van der Waals surface area contributed by atoms with E-state index >= 15 is 0 Å². The summed E-state index contributed by atoms with van der Waals surface area (Å²) in [6.07, 6.45) is 0. The Bertz CT molecular complexity index is 1640. The van der Waals surface area contributed by atoms with E-state index in [-0.39, 0.29) is 0 Å². The highest BCUT2D eigenvalue weighted by Crippen LogP contribution is 2.34. The third kappa shape index (κ3) is 3.73. The minimum absolute atomic E-state index is 0.346. The molecule has 5 rings (SSSR count). The van der Waals surface area contributed by atoms with Gasteiger partial charge in [-0.3, -0.25) is 0 Å². The van der Waals surface area contributed by atoms with Gasteiger partial charge in [0.15, 0.2) is 0 Å². The zero-order valence-electron chi connectivity index (χ0n) is 19.5. The first-order valence-corrected chi connectivity index (χ1v) is 10.9. The summed E-state index contributed by atoms with van der Waals surface area (Å²) in [5.74, 6) is 0. The molecule has 0 saturated heterocycles. The van der Waals surface area contributed by atoms with Crippen LogP contribution < -0.4 is 21.1 Å². The number of nitrogens with zero attached hydrogens (tertiary/aromatic N) is 2. The van der Waals surface area contributed by atoms with E-state index in [9.17, 15) is 9.59 Å². The molecule has 0 saturated carbocycles. The molecule has 0 atom stereocenters. The summed E-state index contributed by atoms with van der Waals surface area (Å²) in [6, 6.07) is 22.5. The van der Waals surface area contributed by atoms with E-state index in [0.717, 1.165) is 33.3 Å². The van der Waals surface area contributed by atoms with Crippen molar-refractivity contribution in [3.05, 3.63) is 93.6 Å². The second kappa shape index (κ2) is 8.23. The lowest BCUT2D eigenvalue weighted by Crippen LogP contribution is -2.09. The van der Waals surface area contributed by atoms with E-state index in [4.69, 9.17) is 8.83 Å². The number of para-hydroxylation sites is 1. The topological polar surface area (TPSA) is 66.9 Å². The lowest BCUT2D eigenvalue weighted by molar-refractivity contribution is 0.556. The van der Waals surface area contributed by atoms with Crippen molar-refractivity contribution in [3.63, 3.8) is 0 Å². The molecule has 0 unspecified atom stereocenters. The standard InChI is InChI=1S/C28H24N2O4/c1-29(2)19-11-8-17(9-12-19)23-16-26(31)34-27-21(23)6-5-7-22(27)24-14-18-10-13-20(30(3)4)15-25(18)33-28(24)32/h5-16H,1-4H3. The largest absolute Gasteiger partial charge is 0.422 e. The van der Waals surface area contributed by atoms with Crippen LogP contribution in [0.5, 0.6) is 0 Å². The molecule has 6 heteroatoms. The molecule has 0 fully saturated rings. The fourth-order valence-electron chi connectivity index (χ4n) is 4.14. The third-order valence-electron chi connectivity index (χ3n) is 5.99. The maximum Gasteiger partial charge on any atom is 0.344 e. The van der Waals surface area contributed by atoms with Crippen molar-refractivity contribution in [3.8, 4) is 22.3 Å². The molecule has 5 aromatic rings. The first-order chi connectivity index (χ1) is 16.3. The molecular weight excluding hydrogens is 428 g/mol. The monoisotopic (exact) mass is 452 g/mol. The molecule has 0 bridgehead atoms. The second-order valence-electron chi connectivity index (χ2n) is 8.67. The number of benzene rings is 3. The highest BCUT2D eigenvalue weighted by Gasteiger charge is 2.16. The summed E-state index contributed by atoms with van der Waals surface area (Å²) < 4.78 is 11.3. The first kappa shape index (κ1) is 21.5. The number of hydrogen-bond acceptors (Lipinski definition) is 6. The van der Waals surface area contributed by atoms with Gasteiger partial charge < -0.3 is 18.6 Å². The van der Waals surface area contributed by atoms with E-state index < -0.39 is 11.3 Å². The van der Waals surface area contributed by atoms with Gasteiger partial charge in [-0.05, 0) is 41.5 Å². The van der Waals surface area contributed by atoms with Gasteiger partial charge in [0.1, 0.15) is 11.2 Å². The van der Waals surface area contributed by atoms with Crippen LogP contribution in [0, 0.1) is 0 Å². The fourth-order valence-corrected chi connectivity index (χ4v) is 4.14. The van der Waals surface area contributed by atoms with Crippen molar-refractivity contribution in [2.24, 2.45) is 0 Å². The average Bonchev–Trinajstić information content (AvgIpc) is 2.82. The Morgan fingerprint density at radius 1 is 0.647 bits per heavy atom. The predicted octanol–water partition coefficient (Wildman–Crippen LogP) is 5.37. The molecule has 34 heavy (non-hydrogen) atoms. The van der Waals surface area contributed by atoms with Crippen molar-refractivity contribution >= 4 is 33.3 Å². The normalized spacial score (nSPS) is 11.2. The van der Waals surface area contributed by atoms with Crippen LogP contribution in [0.1, 0.15) is 0 Å². The molecule has 0 aliphatic carbocycles. The lowest BCUT2D eigenvalue weighted by atomic mass is 9.97. The van der Waals surface area contributed by atoms with Gasteiger partial charge in [-0.2, -0.15) is 0 Å². The molecule has 0 spiro atoms. The summed E-state index contributed by atoms with van der Waals surface area (Å²) in [6.45, 7) is 0. The van der Waals surface area contributed by atoms with Crippen molar-refractivity contribution in [2.75, 3.05) is 38.0 Å². The third-order valence-corrected chi connectivity index (χ3v) is 5.99. The molecule has 170 valence electrons. The summed E-state index contributed by atoms with van der Waals surface area (Å²) in [4.78, 5) is 29.5. The van der Waals surface area contributed by atoms with Gasteiger partial charge in [0.25, 0.3) is 0 Å². The summed E-state index contributed by atoms with van der Waals surface area (Å²) >= 11 is 0. The second-order valence-corrected chi connectivity index (χ2v) is 8.67. The van der Waals surface area contributed by atoms with E-state index in [1.165, 1.54) is 6.07 Å². The van der Waals surface area contributed by atoms with E-state index in [0.29, 0.717) is 22.3 Å². The minimum Gasteiger partial charge on any atom is -0.422 e. The molecule has 3 aromatic carbocycles. The number of hydrogen-bond donors (Lipinski definition) is 0. The van der Waals surface area contributed by atoms with Crippen molar-refractivity contribution in [1.82, 2.24) is 0 Å². The zero-order valence-corrected chi connectivity index (χ0v) is 19.5. The molecule has 0 aliphatic heterocycles. The molecular formula is C28H24N2O4. The van der Waals surface area contributed by atoms with Gasteiger partial charge >= 0.3 is 11.3 Å². The van der Waals surface area contributed by atoms with Crippen LogP contribution in [-0.4, -0.2) is 28.2 Å². The quantitative estimate of drug-likeness (QED) is 0.342. The SMILES string of the molecule is CN(C)c1ccc(-c2cc(=O)oc3c(-c4cc5ccc(N(C)C)cc5oc4=O)cccc23)cc1. The number of fused-ring (bicyclic) bond motifs is 2. The van der Waals surface area contributed by atoms with E-state index in [1.54, 1.807) is 12.1 Å². The minimum atomic E-state index is -0.487. The van der Waals surface area contributed by atoms with Gasteiger partial charge in [0.05, 0.1) is 5.56 Å². The molecule has 0 radical (unpaired) electrons. The Balaban J connectivity index is 1.72.